The molecule has 0 spiro atoms. The smallest absolute Gasteiger partial charge is 0.449 e. The third kappa shape index (κ3) is 7.11. The quantitative estimate of drug-likeness (QED) is 0.634. The Balaban J connectivity index is 0.000000982. The summed E-state index contributed by atoms with van der Waals surface area (Å²) in [7, 11) is -4.96. The molecule has 9 heteroatoms. The number of rotatable bonds is 3. The summed E-state index contributed by atoms with van der Waals surface area (Å²) in [6.45, 7) is 0. The first-order valence-electron chi connectivity index (χ1n) is 5.26. The van der Waals surface area contributed by atoms with Gasteiger partial charge in [0.25, 0.3) is 0 Å². The lowest BCUT2D eigenvalue weighted by molar-refractivity contribution is 0.0664. The molecule has 0 aliphatic carbocycles. The standard InChI is InChI=1S/C8H6O7S.2CH3.Mg/c9-7(10)5-3-1-2-4-6(5)8(11)15-16(12,13)14;;;/h1-4H,(H,9,10)(H,12,13,14);2*1H3;. The van der Waals surface area contributed by atoms with Crippen LogP contribution in [-0.2, 0) is 14.6 Å². The van der Waals surface area contributed by atoms with Crippen molar-refractivity contribution in [1.82, 2.24) is 0 Å². The Morgan fingerprint density at radius 3 is 1.95 bits per heavy atom. The van der Waals surface area contributed by atoms with Gasteiger partial charge in [0.2, 0.25) is 0 Å². The van der Waals surface area contributed by atoms with Gasteiger partial charge in [0.05, 0.1) is 11.1 Å². The first-order chi connectivity index (χ1) is 8.72. The first kappa shape index (κ1) is 17.8. The normalized spacial score (nSPS) is 9.63. The van der Waals surface area contributed by atoms with Crippen LogP contribution in [0, 0.1) is 0 Å². The molecule has 1 rings (SSSR count). The van der Waals surface area contributed by atoms with E-state index in [9.17, 15) is 18.0 Å². The van der Waals surface area contributed by atoms with Gasteiger partial charge in [0, 0.05) is 0 Å². The summed E-state index contributed by atoms with van der Waals surface area (Å²) >= 11 is 0.417. The second kappa shape index (κ2) is 8.10. The van der Waals surface area contributed by atoms with E-state index in [1.165, 1.54) is 12.1 Å². The fourth-order valence-corrected chi connectivity index (χ4v) is 1.27. The molecule has 2 N–H and O–H groups in total. The molecule has 0 saturated carbocycles. The van der Waals surface area contributed by atoms with Crippen molar-refractivity contribution in [3.05, 3.63) is 35.4 Å². The van der Waals surface area contributed by atoms with Crippen LogP contribution in [0.15, 0.2) is 24.3 Å². The minimum Gasteiger partial charge on any atom is -0.478 e. The number of carbonyl (C=O) groups is 2. The van der Waals surface area contributed by atoms with E-state index in [4.69, 9.17) is 9.66 Å². The number of hydrogen-bond acceptors (Lipinski definition) is 5. The van der Waals surface area contributed by atoms with Crippen LogP contribution < -0.4 is 0 Å². The average molecular weight is 301 g/mol. The topological polar surface area (TPSA) is 118 Å². The maximum absolute atomic E-state index is 11.2. The first-order valence-corrected chi connectivity index (χ1v) is 9.45. The van der Waals surface area contributed by atoms with E-state index in [0.29, 0.717) is 20.4 Å². The predicted molar refractivity (Wildman–Crippen MR) is 67.8 cm³/mol. The second-order valence-electron chi connectivity index (χ2n) is 3.36. The van der Waals surface area contributed by atoms with E-state index in [1.54, 1.807) is 0 Å². The second-order valence-corrected chi connectivity index (χ2v) is 5.79. The highest BCUT2D eigenvalue weighted by Gasteiger charge is 2.21. The molecule has 0 heterocycles. The minimum absolute atomic E-state index is 0.417. The van der Waals surface area contributed by atoms with E-state index in [1.807, 2.05) is 0 Å². The highest BCUT2D eigenvalue weighted by molar-refractivity contribution is 7.81. The van der Waals surface area contributed by atoms with Crippen molar-refractivity contribution in [3.63, 3.8) is 0 Å². The van der Waals surface area contributed by atoms with Gasteiger partial charge < -0.3 is 9.29 Å². The SMILES string of the molecule is O=C(O)c1ccccc1C(=O)OS(=O)(=O)O.[CH3][Mg][CH3]. The van der Waals surface area contributed by atoms with Crippen LogP contribution in [0.25, 0.3) is 0 Å². The Morgan fingerprint density at radius 1 is 1.16 bits per heavy atom. The van der Waals surface area contributed by atoms with Crippen molar-refractivity contribution in [2.45, 2.75) is 10.1 Å². The van der Waals surface area contributed by atoms with Gasteiger partial charge in [-0.2, -0.15) is 18.5 Å². The highest BCUT2D eigenvalue weighted by atomic mass is 32.3. The van der Waals surface area contributed by atoms with Gasteiger partial charge in [-0.15, -0.1) is 0 Å². The van der Waals surface area contributed by atoms with E-state index in [-0.39, 0.29) is 0 Å². The molecule has 0 aromatic heterocycles. The molecule has 0 atom stereocenters. The van der Waals surface area contributed by atoms with Crippen molar-refractivity contribution in [2.24, 2.45) is 0 Å². The molecule has 0 bridgehead atoms. The molecule has 7 nitrogen and oxygen atoms in total. The Kier molecular flexibility index (Phi) is 7.60. The third-order valence-corrected chi connectivity index (χ3v) is 1.92. The van der Waals surface area contributed by atoms with Crippen LogP contribution in [0.5, 0.6) is 0 Å². The minimum atomic E-state index is -4.96. The molecular formula is C10H12MgO7S. The highest BCUT2D eigenvalue weighted by Crippen LogP contribution is 2.11. The molecule has 0 unspecified atom stereocenters. The fraction of sp³-hybridized carbons (Fsp3) is 0.200. The molecule has 0 fully saturated rings. The summed E-state index contributed by atoms with van der Waals surface area (Å²) < 4.78 is 32.4. The molecule has 0 radical (unpaired) electrons. The fourth-order valence-electron chi connectivity index (χ4n) is 0.988. The monoisotopic (exact) mass is 300 g/mol. The number of aromatic carboxylic acids is 1. The predicted octanol–water partition coefficient (Wildman–Crippen LogP) is 1.13. The van der Waals surface area contributed by atoms with E-state index in [2.05, 4.69) is 14.3 Å². The maximum Gasteiger partial charge on any atom is 0.449 e. The van der Waals surface area contributed by atoms with Crippen LogP contribution in [0.4, 0.5) is 0 Å². The zero-order valence-corrected chi connectivity index (χ0v) is 12.6. The van der Waals surface area contributed by atoms with Gasteiger partial charge in [0.15, 0.2) is 0 Å². The van der Waals surface area contributed by atoms with Crippen molar-refractivity contribution in [1.29, 1.82) is 0 Å². The molecular weight excluding hydrogens is 288 g/mol. The van der Waals surface area contributed by atoms with Crippen LogP contribution in [0.1, 0.15) is 20.7 Å². The third-order valence-electron chi connectivity index (χ3n) is 1.56. The molecule has 0 aliphatic rings. The van der Waals surface area contributed by atoms with Gasteiger partial charge in [-0.05, 0) is 12.1 Å². The number of carbonyl (C=O) groups excluding carboxylic acids is 1. The van der Waals surface area contributed by atoms with Crippen molar-refractivity contribution in [3.8, 4) is 0 Å². The number of carboxylic acids is 1. The molecule has 1 aromatic carbocycles. The zero-order chi connectivity index (χ0) is 15.1. The molecule has 1 aromatic rings. The summed E-state index contributed by atoms with van der Waals surface area (Å²) in [4.78, 5) is 21.8. The van der Waals surface area contributed by atoms with E-state index in [0.717, 1.165) is 12.1 Å². The summed E-state index contributed by atoms with van der Waals surface area (Å²) in [5, 5.41) is 13.2. The van der Waals surface area contributed by atoms with Crippen LogP contribution >= 0.6 is 0 Å². The molecule has 102 valence electrons. The number of hydrogen-bond donors (Lipinski definition) is 2. The van der Waals surface area contributed by atoms with Crippen LogP contribution in [0.3, 0.4) is 0 Å². The lowest BCUT2D eigenvalue weighted by Gasteiger charge is -2.03. The van der Waals surface area contributed by atoms with Crippen molar-refractivity contribution in [2.75, 3.05) is 0 Å². The van der Waals surface area contributed by atoms with Gasteiger partial charge >= 0.3 is 42.7 Å². The number of carboxylic acid groups (broad SMARTS) is 1. The van der Waals surface area contributed by atoms with Crippen molar-refractivity contribution >= 4 is 42.7 Å². The number of benzene rings is 1. The summed E-state index contributed by atoms with van der Waals surface area (Å²) in [5.41, 5.74) is -0.885. The largest absolute Gasteiger partial charge is 0.478 e. The lowest BCUT2D eigenvalue weighted by atomic mass is 10.1. The van der Waals surface area contributed by atoms with Gasteiger partial charge in [0.1, 0.15) is 0 Å². The van der Waals surface area contributed by atoms with Gasteiger partial charge in [-0.3, -0.25) is 4.55 Å². The average Bonchev–Trinajstić information content (AvgIpc) is 2.27. The van der Waals surface area contributed by atoms with Crippen LogP contribution in [-0.4, -0.2) is 50.4 Å². The molecule has 19 heavy (non-hydrogen) atoms. The van der Waals surface area contributed by atoms with E-state index >= 15 is 0 Å². The maximum atomic E-state index is 11.2. The Hall–Kier alpha value is -1.16. The zero-order valence-electron chi connectivity index (χ0n) is 10.4. The molecule has 0 aliphatic heterocycles. The van der Waals surface area contributed by atoms with Gasteiger partial charge in [-0.1, -0.05) is 12.1 Å². The van der Waals surface area contributed by atoms with E-state index < -0.39 is 33.5 Å². The summed E-state index contributed by atoms with van der Waals surface area (Å²) in [6, 6.07) is 4.85. The van der Waals surface area contributed by atoms with Crippen molar-refractivity contribution < 1.29 is 31.8 Å². The summed E-state index contributed by atoms with van der Waals surface area (Å²) in [6.07, 6.45) is 0. The molecule has 0 saturated heterocycles. The molecule has 0 amide bonds. The summed E-state index contributed by atoms with van der Waals surface area (Å²) in [5.74, 6) is -2.87. The Bertz CT molecular complexity index is 553. The van der Waals surface area contributed by atoms with Crippen LogP contribution in [0.2, 0.25) is 10.1 Å². The lowest BCUT2D eigenvalue weighted by Crippen LogP contribution is -2.15. The van der Waals surface area contributed by atoms with Gasteiger partial charge in [-0.25, -0.2) is 9.59 Å². The Morgan fingerprint density at radius 2 is 1.58 bits per heavy atom. The Labute approximate surface area is 120 Å².